The Balaban J connectivity index is 1.33. The van der Waals surface area contributed by atoms with E-state index in [2.05, 4.69) is 15.1 Å². The van der Waals surface area contributed by atoms with Crippen LogP contribution < -0.4 is 0 Å². The number of aryl methyl sites for hydroxylation is 1. The van der Waals surface area contributed by atoms with E-state index in [0.29, 0.717) is 24.7 Å². The minimum Gasteiger partial charge on any atom is -0.441 e. The Morgan fingerprint density at radius 3 is 2.97 bits per heavy atom. The lowest BCUT2D eigenvalue weighted by atomic mass is 10.1. The Labute approximate surface area is 177 Å². The normalized spacial score (nSPS) is 16.5. The Bertz CT molecular complexity index is 1410. The zero-order chi connectivity index (χ0) is 20.9. The molecule has 154 valence electrons. The average molecular weight is 412 g/mol. The SMILES string of the molecule is Cc1nc2cc(-c3ccc4ncc(C(=O)N5CC[C@H](n6cccn6)C5)n4c3)ccc2o1. The van der Waals surface area contributed by atoms with E-state index >= 15 is 0 Å². The fourth-order valence-corrected chi connectivity index (χ4v) is 4.33. The summed E-state index contributed by atoms with van der Waals surface area (Å²) in [6.45, 7) is 3.19. The minimum absolute atomic E-state index is 0.0121. The Hall–Kier alpha value is -3.94. The maximum absolute atomic E-state index is 13.3. The maximum Gasteiger partial charge on any atom is 0.272 e. The number of aromatic nitrogens is 5. The fourth-order valence-electron chi connectivity index (χ4n) is 4.33. The number of benzene rings is 1. The first kappa shape index (κ1) is 17.9. The summed E-state index contributed by atoms with van der Waals surface area (Å²) in [6, 6.07) is 12.0. The molecule has 1 aliphatic rings. The molecule has 5 heterocycles. The van der Waals surface area contributed by atoms with Gasteiger partial charge in [0.25, 0.3) is 5.91 Å². The van der Waals surface area contributed by atoms with Gasteiger partial charge in [0.2, 0.25) is 0 Å². The highest BCUT2D eigenvalue weighted by Gasteiger charge is 2.29. The van der Waals surface area contributed by atoms with E-state index < -0.39 is 0 Å². The minimum atomic E-state index is -0.0121. The van der Waals surface area contributed by atoms with Crippen molar-refractivity contribution in [3.8, 4) is 11.1 Å². The number of amides is 1. The van der Waals surface area contributed by atoms with Crippen molar-refractivity contribution in [3.05, 3.63) is 72.8 Å². The molecule has 0 spiro atoms. The van der Waals surface area contributed by atoms with E-state index in [-0.39, 0.29) is 11.9 Å². The molecule has 5 aromatic rings. The molecule has 1 saturated heterocycles. The third kappa shape index (κ3) is 2.99. The maximum atomic E-state index is 13.3. The standard InChI is InChI=1S/C23H20N6O2/c1-15-26-19-11-16(3-5-21(19)31-15)17-4-6-22-24-12-20(28(22)13-17)23(30)27-10-7-18(14-27)29-9-2-8-25-29/h2-6,8-9,11-13,18H,7,10,14H2,1H3/t18-/m0/s1. The van der Waals surface area contributed by atoms with Crippen LogP contribution in [0.25, 0.3) is 27.9 Å². The van der Waals surface area contributed by atoms with Crippen molar-refractivity contribution in [2.75, 3.05) is 13.1 Å². The lowest BCUT2D eigenvalue weighted by Crippen LogP contribution is -2.30. The lowest BCUT2D eigenvalue weighted by molar-refractivity contribution is 0.0780. The number of imidazole rings is 1. The lowest BCUT2D eigenvalue weighted by Gasteiger charge is -2.16. The Morgan fingerprint density at radius 1 is 1.19 bits per heavy atom. The van der Waals surface area contributed by atoms with Gasteiger partial charge in [-0.2, -0.15) is 5.10 Å². The monoisotopic (exact) mass is 412 g/mol. The van der Waals surface area contributed by atoms with Crippen molar-refractivity contribution in [2.45, 2.75) is 19.4 Å². The molecule has 0 N–H and O–H groups in total. The number of hydrogen-bond donors (Lipinski definition) is 0. The van der Waals surface area contributed by atoms with E-state index in [1.54, 1.807) is 12.4 Å². The summed E-state index contributed by atoms with van der Waals surface area (Å²) < 4.78 is 9.38. The third-order valence-corrected chi connectivity index (χ3v) is 5.90. The molecule has 1 aromatic carbocycles. The Morgan fingerprint density at radius 2 is 2.10 bits per heavy atom. The zero-order valence-electron chi connectivity index (χ0n) is 17.0. The second-order valence-corrected chi connectivity index (χ2v) is 7.88. The number of oxazole rings is 1. The van der Waals surface area contributed by atoms with Crippen LogP contribution in [0.15, 0.2) is 65.6 Å². The summed E-state index contributed by atoms with van der Waals surface area (Å²) in [4.78, 5) is 24.0. The van der Waals surface area contributed by atoms with E-state index in [1.807, 2.05) is 69.7 Å². The van der Waals surface area contributed by atoms with Gasteiger partial charge in [0, 0.05) is 38.6 Å². The summed E-state index contributed by atoms with van der Waals surface area (Å²) in [7, 11) is 0. The van der Waals surface area contributed by atoms with Gasteiger partial charge in [-0.25, -0.2) is 9.97 Å². The summed E-state index contributed by atoms with van der Waals surface area (Å²) in [5.41, 5.74) is 4.89. The molecule has 0 unspecified atom stereocenters. The third-order valence-electron chi connectivity index (χ3n) is 5.90. The first-order valence-electron chi connectivity index (χ1n) is 10.3. The largest absolute Gasteiger partial charge is 0.441 e. The molecule has 8 heteroatoms. The summed E-state index contributed by atoms with van der Waals surface area (Å²) in [5, 5.41) is 4.32. The molecule has 0 saturated carbocycles. The molecule has 0 bridgehead atoms. The number of rotatable bonds is 3. The van der Waals surface area contributed by atoms with Crippen LogP contribution >= 0.6 is 0 Å². The van der Waals surface area contributed by atoms with Crippen molar-refractivity contribution in [1.82, 2.24) is 29.0 Å². The van der Waals surface area contributed by atoms with Crippen LogP contribution in [0, 0.1) is 6.92 Å². The van der Waals surface area contributed by atoms with Crippen molar-refractivity contribution in [1.29, 1.82) is 0 Å². The van der Waals surface area contributed by atoms with Gasteiger partial charge in [-0.3, -0.25) is 13.9 Å². The van der Waals surface area contributed by atoms with E-state index in [9.17, 15) is 4.79 Å². The predicted octanol–water partition coefficient (Wildman–Crippen LogP) is 3.73. The van der Waals surface area contributed by atoms with Crippen LogP contribution in [0.3, 0.4) is 0 Å². The van der Waals surface area contributed by atoms with Gasteiger partial charge in [-0.1, -0.05) is 6.07 Å². The Kier molecular flexibility index (Phi) is 3.92. The average Bonchev–Trinajstić information content (AvgIpc) is 3.57. The number of carbonyl (C=O) groups is 1. The quantitative estimate of drug-likeness (QED) is 0.451. The molecular formula is C23H20N6O2. The summed E-state index contributed by atoms with van der Waals surface area (Å²) in [5.74, 6) is 0.631. The van der Waals surface area contributed by atoms with E-state index in [0.717, 1.165) is 34.3 Å². The van der Waals surface area contributed by atoms with Gasteiger partial charge in [0.05, 0.1) is 12.2 Å². The number of nitrogens with zero attached hydrogens (tertiary/aromatic N) is 6. The number of carbonyl (C=O) groups excluding carboxylic acids is 1. The first-order chi connectivity index (χ1) is 15.2. The van der Waals surface area contributed by atoms with Crippen molar-refractivity contribution in [2.24, 2.45) is 0 Å². The molecule has 1 amide bonds. The highest BCUT2D eigenvalue weighted by molar-refractivity contribution is 5.93. The van der Waals surface area contributed by atoms with Gasteiger partial charge in [0.1, 0.15) is 16.9 Å². The second kappa shape index (κ2) is 6.80. The molecule has 31 heavy (non-hydrogen) atoms. The van der Waals surface area contributed by atoms with Crippen LogP contribution in [0.4, 0.5) is 0 Å². The summed E-state index contributed by atoms with van der Waals surface area (Å²) in [6.07, 6.45) is 8.24. The predicted molar refractivity (Wildman–Crippen MR) is 115 cm³/mol. The molecule has 0 aliphatic carbocycles. The molecule has 6 rings (SSSR count). The molecule has 0 radical (unpaired) electrons. The van der Waals surface area contributed by atoms with E-state index in [4.69, 9.17) is 4.42 Å². The smallest absolute Gasteiger partial charge is 0.272 e. The molecule has 1 aliphatic heterocycles. The number of fused-ring (bicyclic) bond motifs is 2. The highest BCUT2D eigenvalue weighted by Crippen LogP contribution is 2.27. The number of hydrogen-bond acceptors (Lipinski definition) is 5. The van der Waals surface area contributed by atoms with Crippen LogP contribution in [0.2, 0.25) is 0 Å². The molecular weight excluding hydrogens is 392 g/mol. The number of pyridine rings is 1. The van der Waals surface area contributed by atoms with Crippen LogP contribution in [-0.2, 0) is 0 Å². The highest BCUT2D eigenvalue weighted by atomic mass is 16.3. The van der Waals surface area contributed by atoms with Crippen LogP contribution in [0.5, 0.6) is 0 Å². The topological polar surface area (TPSA) is 81.5 Å². The second-order valence-electron chi connectivity index (χ2n) is 7.88. The van der Waals surface area contributed by atoms with Crippen LogP contribution in [0.1, 0.15) is 28.8 Å². The van der Waals surface area contributed by atoms with Gasteiger partial charge < -0.3 is 9.32 Å². The van der Waals surface area contributed by atoms with Gasteiger partial charge in [-0.15, -0.1) is 0 Å². The zero-order valence-corrected chi connectivity index (χ0v) is 17.0. The molecule has 1 atom stereocenters. The first-order valence-corrected chi connectivity index (χ1v) is 10.3. The summed E-state index contributed by atoms with van der Waals surface area (Å²) >= 11 is 0. The van der Waals surface area contributed by atoms with E-state index in [1.165, 1.54) is 0 Å². The van der Waals surface area contributed by atoms with Crippen LogP contribution in [-0.4, -0.2) is 48.0 Å². The van der Waals surface area contributed by atoms with Gasteiger partial charge in [0.15, 0.2) is 11.5 Å². The van der Waals surface area contributed by atoms with Crippen molar-refractivity contribution in [3.63, 3.8) is 0 Å². The molecule has 1 fully saturated rings. The van der Waals surface area contributed by atoms with Gasteiger partial charge >= 0.3 is 0 Å². The molecule has 8 nitrogen and oxygen atoms in total. The van der Waals surface area contributed by atoms with Crippen molar-refractivity contribution >= 4 is 22.7 Å². The van der Waals surface area contributed by atoms with Gasteiger partial charge in [-0.05, 0) is 47.9 Å². The fraction of sp³-hybridized carbons (Fsp3) is 0.217. The van der Waals surface area contributed by atoms with Crippen molar-refractivity contribution < 1.29 is 9.21 Å². The number of likely N-dealkylation sites (tertiary alicyclic amines) is 1. The molecule has 4 aromatic heterocycles.